The second kappa shape index (κ2) is 13.5. The van der Waals surface area contributed by atoms with Crippen LogP contribution < -0.4 is 72.6 Å². The topological polar surface area (TPSA) is 48.2 Å². The molecule has 4 aromatic carbocycles. The van der Waals surface area contributed by atoms with Gasteiger partial charge in [-0.2, -0.15) is 52.7 Å². The van der Waals surface area contributed by atoms with Crippen LogP contribution in [-0.2, 0) is 33.8 Å². The number of rotatable bonds is 6. The van der Waals surface area contributed by atoms with Gasteiger partial charge in [0.05, 0.1) is 36.8 Å². The summed E-state index contributed by atoms with van der Waals surface area (Å²) in [5, 5.41) is -2.24. The Hall–Kier alpha value is -1.90. The van der Waals surface area contributed by atoms with Crippen molar-refractivity contribution in [3.8, 4) is 0 Å². The van der Waals surface area contributed by atoms with Gasteiger partial charge >= 0.3 is 76.1 Å². The molecule has 0 spiro atoms. The third kappa shape index (κ3) is 8.38. The van der Waals surface area contributed by atoms with Crippen LogP contribution in [0.25, 0.3) is 4.86 Å². The Morgan fingerprint density at radius 1 is 0.348 bits per heavy atom. The Bertz CT molecular complexity index is 1490. The van der Waals surface area contributed by atoms with Gasteiger partial charge in [-0.05, 0) is 69.7 Å². The van der Waals surface area contributed by atoms with E-state index >= 15 is 0 Å². The van der Waals surface area contributed by atoms with Gasteiger partial charge in [0.15, 0.2) is 0 Å². The Morgan fingerprint density at radius 2 is 0.500 bits per heavy atom. The van der Waals surface area contributed by atoms with E-state index in [4.69, 9.17) is 0 Å². The molecule has 18 heteroatoms. The molecule has 0 aromatic heterocycles. The Labute approximate surface area is 295 Å². The van der Waals surface area contributed by atoms with Gasteiger partial charge in [0, 0.05) is 0 Å². The summed E-state index contributed by atoms with van der Waals surface area (Å²) in [7, 11) is -9.85. The first-order valence-corrected chi connectivity index (χ1v) is 15.5. The average Bonchev–Trinajstić information content (AvgIpc) is 2.95. The molecule has 0 N–H and O–H groups in total. The van der Waals surface area contributed by atoms with Crippen molar-refractivity contribution in [2.75, 3.05) is 0 Å². The Balaban J connectivity index is 0.00000576. The maximum atomic E-state index is 14.7. The number of benzene rings is 4. The molecule has 0 aliphatic heterocycles. The predicted octanol–water partition coefficient (Wildman–Crippen LogP) is 6.30. The summed E-state index contributed by atoms with van der Waals surface area (Å²) in [6.07, 6.45) is -19.5. The third-order valence-electron chi connectivity index (χ3n) is 6.43. The molecule has 0 atom stereocenters. The van der Waals surface area contributed by atoms with Crippen molar-refractivity contribution in [2.45, 2.75) is 24.7 Å². The molecular weight excluding hydrogens is 711 g/mol. The van der Waals surface area contributed by atoms with Gasteiger partial charge in [0.2, 0.25) is 0 Å². The van der Waals surface area contributed by atoms with Crippen LogP contribution in [0, 0.1) is 0 Å². The molecule has 46 heavy (non-hydrogen) atoms. The molecular formula is C28H16F12KNO2P2. The summed E-state index contributed by atoms with van der Waals surface area (Å²) in [6.45, 7) is 0. The van der Waals surface area contributed by atoms with Crippen molar-refractivity contribution in [2.24, 2.45) is 0 Å². The van der Waals surface area contributed by atoms with Gasteiger partial charge in [-0.15, -0.1) is 0 Å². The van der Waals surface area contributed by atoms with Crippen molar-refractivity contribution in [3.05, 3.63) is 124 Å². The van der Waals surface area contributed by atoms with E-state index in [0.29, 0.717) is 97.1 Å². The molecule has 3 nitrogen and oxygen atoms in total. The van der Waals surface area contributed by atoms with E-state index < -0.39 is 82.8 Å². The first-order chi connectivity index (χ1) is 20.5. The van der Waals surface area contributed by atoms with Crippen molar-refractivity contribution in [1.29, 1.82) is 0 Å². The van der Waals surface area contributed by atoms with Crippen LogP contribution in [-0.4, -0.2) is 0 Å². The summed E-state index contributed by atoms with van der Waals surface area (Å²) in [4.78, 5) is 3.97. The van der Waals surface area contributed by atoms with E-state index in [1.807, 2.05) is 0 Å². The molecule has 0 radical (unpaired) electrons. The number of alkyl halides is 12. The van der Waals surface area contributed by atoms with Gasteiger partial charge in [-0.3, -0.25) is 0 Å². The zero-order valence-corrected chi connectivity index (χ0v) is 27.8. The minimum absolute atomic E-state index is 0. The van der Waals surface area contributed by atoms with E-state index in [1.54, 1.807) is 0 Å². The Kier molecular flexibility index (Phi) is 11.3. The van der Waals surface area contributed by atoms with Crippen LogP contribution in [0.2, 0.25) is 0 Å². The minimum Gasteiger partial charge on any atom is -0.529 e. The van der Waals surface area contributed by atoms with Crippen molar-refractivity contribution >= 4 is 35.8 Å². The first kappa shape index (κ1) is 38.5. The molecule has 0 amide bonds. The number of nitrogens with zero attached hydrogens (tertiary/aromatic N) is 1. The quantitative estimate of drug-likeness (QED) is 0.133. The van der Waals surface area contributed by atoms with Crippen LogP contribution in [0.15, 0.2) is 97.1 Å². The first-order valence-electron chi connectivity index (χ1n) is 12.2. The maximum Gasteiger partial charge on any atom is 1.00 e. The normalized spacial score (nSPS) is 13.3. The molecule has 4 rings (SSSR count). The Morgan fingerprint density at radius 3 is 0.630 bits per heavy atom. The van der Waals surface area contributed by atoms with E-state index in [1.165, 1.54) is 0 Å². The molecule has 0 fully saturated rings. The van der Waals surface area contributed by atoms with Crippen molar-refractivity contribution in [3.63, 3.8) is 0 Å². The average molecular weight is 727 g/mol. The van der Waals surface area contributed by atoms with E-state index in [-0.39, 0.29) is 51.4 Å². The van der Waals surface area contributed by atoms with Crippen molar-refractivity contribution in [1.82, 2.24) is 0 Å². The number of hydrogen-bond acceptors (Lipinski definition) is 2. The standard InChI is InChI=1S/C28H16F12NO2P2.K/c29-25(30,31)17-1-9-21(10-2-17)44(42,22-11-3-18(4-12-22)26(32,33)34)41-45(43,23-13-5-19(6-14-23)27(35,36)37)24-15-7-20(8-16-24)28(38,39)40;/h1-16H;/q-1;+1. The van der Waals surface area contributed by atoms with Gasteiger partial charge < -0.3 is 14.0 Å². The van der Waals surface area contributed by atoms with Crippen LogP contribution in [0.5, 0.6) is 0 Å². The molecule has 0 saturated carbocycles. The fourth-order valence-electron chi connectivity index (χ4n) is 4.09. The molecule has 4 aromatic rings. The van der Waals surface area contributed by atoms with E-state index in [0.717, 1.165) is 0 Å². The van der Waals surface area contributed by atoms with E-state index in [2.05, 4.69) is 4.86 Å². The second-order valence-corrected chi connectivity index (χ2v) is 14.5. The fourth-order valence-corrected chi connectivity index (χ4v) is 9.97. The zero-order valence-electron chi connectivity index (χ0n) is 22.9. The van der Waals surface area contributed by atoms with Crippen molar-refractivity contribution < 1.29 is 113 Å². The summed E-state index contributed by atoms with van der Waals surface area (Å²) in [5.74, 6) is 0. The van der Waals surface area contributed by atoms with Crippen LogP contribution in [0.4, 0.5) is 52.7 Å². The second-order valence-electron chi connectivity index (χ2n) is 9.42. The number of hydrogen-bond donors (Lipinski definition) is 0. The zero-order chi connectivity index (χ0) is 33.6. The largest absolute Gasteiger partial charge is 1.00 e. The molecule has 0 aliphatic carbocycles. The number of halogens is 12. The monoisotopic (exact) mass is 727 g/mol. The summed E-state index contributed by atoms with van der Waals surface area (Å²) >= 11 is 0. The van der Waals surface area contributed by atoms with Gasteiger partial charge in [-0.25, -0.2) is 0 Å². The van der Waals surface area contributed by atoms with E-state index in [9.17, 15) is 61.8 Å². The molecule has 0 saturated heterocycles. The molecule has 0 aliphatic rings. The smallest absolute Gasteiger partial charge is 0.529 e. The fraction of sp³-hybridized carbons (Fsp3) is 0.143. The minimum atomic E-state index is -4.93. The predicted molar refractivity (Wildman–Crippen MR) is 143 cm³/mol. The SMILES string of the molecule is O=P([N-]P(=O)(c1ccc(C(F)(F)F)cc1)c1ccc(C(F)(F)F)cc1)(c1ccc(C(F)(F)F)cc1)c1ccc(C(F)(F)F)cc1.[K+]. The summed E-state index contributed by atoms with van der Waals surface area (Å²) in [5.41, 5.74) is -4.89. The molecule has 240 valence electrons. The maximum absolute atomic E-state index is 14.7. The van der Waals surface area contributed by atoms with Crippen LogP contribution in [0.3, 0.4) is 0 Å². The summed E-state index contributed by atoms with van der Waals surface area (Å²) < 4.78 is 188. The third-order valence-corrected chi connectivity index (χ3v) is 12.4. The van der Waals surface area contributed by atoms with Gasteiger partial charge in [0.1, 0.15) is 0 Å². The molecule has 0 bridgehead atoms. The van der Waals surface area contributed by atoms with Crippen LogP contribution in [0.1, 0.15) is 22.3 Å². The molecule has 0 heterocycles. The molecule has 0 unspecified atom stereocenters. The van der Waals surface area contributed by atoms with Crippen LogP contribution >= 0.6 is 14.6 Å². The van der Waals surface area contributed by atoms with Gasteiger partial charge in [0.25, 0.3) is 0 Å². The summed E-state index contributed by atoms with van der Waals surface area (Å²) in [6, 6.07) is 9.20. The van der Waals surface area contributed by atoms with Gasteiger partial charge in [-0.1, -0.05) is 48.5 Å².